The molecule has 11 rings (SSSR count). The minimum Gasteiger partial charge on any atom is -0.311 e. The van der Waals surface area contributed by atoms with Gasteiger partial charge in [0.05, 0.1) is 20.6 Å². The summed E-state index contributed by atoms with van der Waals surface area (Å²) < 4.78 is 139. The first kappa shape index (κ1) is 24.9. The predicted octanol–water partition coefficient (Wildman–Crippen LogP) is 17.5. The molecular formula is C62H43N. The average molecular weight is 817 g/mol. The molecule has 0 aliphatic carbocycles. The first-order valence-electron chi connectivity index (χ1n) is 28.0. The molecule has 0 aromatic heterocycles. The molecule has 0 fully saturated rings. The number of hydrogen-bond donors (Lipinski definition) is 0. The number of benzene rings is 11. The van der Waals surface area contributed by atoms with Crippen LogP contribution in [0.1, 0.15) is 20.6 Å². The third-order valence-electron chi connectivity index (χ3n) is 11.1. The van der Waals surface area contributed by atoms with Crippen LogP contribution < -0.4 is 4.90 Å². The highest BCUT2D eigenvalue weighted by molar-refractivity contribution is 6.04. The van der Waals surface area contributed by atoms with Crippen LogP contribution in [0.5, 0.6) is 0 Å². The van der Waals surface area contributed by atoms with Gasteiger partial charge in [-0.2, -0.15) is 0 Å². The Balaban J connectivity index is 1.17. The van der Waals surface area contributed by atoms with E-state index < -0.39 is 124 Å². The van der Waals surface area contributed by atoms with Crippen molar-refractivity contribution in [1.29, 1.82) is 0 Å². The molecule has 296 valence electrons. The Morgan fingerprint density at radius 1 is 0.270 bits per heavy atom. The summed E-state index contributed by atoms with van der Waals surface area (Å²) in [6.07, 6.45) is 0. The van der Waals surface area contributed by atoms with Crippen LogP contribution in [0, 0.1) is 0 Å². The van der Waals surface area contributed by atoms with E-state index in [9.17, 15) is 11.0 Å². The van der Waals surface area contributed by atoms with Gasteiger partial charge in [0, 0.05) is 17.1 Å². The molecule has 0 aliphatic rings. The number of fused-ring (bicyclic) bond motifs is 2. The lowest BCUT2D eigenvalue weighted by Gasteiger charge is -2.26. The molecule has 0 N–H and O–H groups in total. The molecule has 1 heteroatoms. The van der Waals surface area contributed by atoms with Crippen molar-refractivity contribution in [1.82, 2.24) is 0 Å². The Bertz CT molecular complexity index is 4180. The lowest BCUT2D eigenvalue weighted by atomic mass is 9.89. The monoisotopic (exact) mass is 816 g/mol. The highest BCUT2D eigenvalue weighted by Gasteiger charge is 2.17. The summed E-state index contributed by atoms with van der Waals surface area (Å²) in [5, 5.41) is 1.06. The van der Waals surface area contributed by atoms with Crippen molar-refractivity contribution < 1.29 is 20.6 Å². The van der Waals surface area contributed by atoms with Crippen LogP contribution in [-0.4, -0.2) is 0 Å². The van der Waals surface area contributed by atoms with Crippen LogP contribution in [0.25, 0.3) is 88.3 Å². The molecule has 0 amide bonds. The van der Waals surface area contributed by atoms with Crippen molar-refractivity contribution in [3.63, 3.8) is 0 Å². The van der Waals surface area contributed by atoms with Gasteiger partial charge in [0.1, 0.15) is 0 Å². The highest BCUT2D eigenvalue weighted by atomic mass is 15.1. The largest absolute Gasteiger partial charge is 0.311 e. The summed E-state index contributed by atoms with van der Waals surface area (Å²) in [6.45, 7) is 0. The standard InChI is InChI=1S/C62H43N/c1-4-15-45(16-5-1)58-41-34-52(43-61(58)48-19-8-3-9-20-48)44-27-35-53(36-28-44)63(54-37-29-50(30-38-54)57-26-14-23-46-21-10-12-24-56(46)57)55-39-31-51(32-40-55)62-59-25-13-11-22-49(59)33-42-60(62)47-17-6-2-7-18-47/h1-43H/i10D,12D,14D,21D,23D,24D,26D,27D,28D,29D,30D,35D,36D,37D,38D. The minimum absolute atomic E-state index is 0.0245. The number of nitrogens with zero attached hydrogens (tertiary/aromatic N) is 1. The molecule has 1 nitrogen and oxygen atoms in total. The maximum atomic E-state index is 9.82. The minimum atomic E-state index is -0.797. The lowest BCUT2D eigenvalue weighted by molar-refractivity contribution is 1.28. The fourth-order valence-electron chi connectivity index (χ4n) is 8.12. The quantitative estimate of drug-likeness (QED) is 0.140. The third-order valence-corrected chi connectivity index (χ3v) is 11.1. The van der Waals surface area contributed by atoms with E-state index >= 15 is 0 Å². The molecule has 0 spiro atoms. The lowest BCUT2D eigenvalue weighted by Crippen LogP contribution is -2.09. The SMILES string of the molecule is [2H]c1c([2H])c(N(c2ccc(-c3c(-c4ccccc4)ccc4ccccc34)cc2)c2c([2H])c([2H])c(-c3c([2H])c([2H])c([2H])c4c([2H])c([2H])c([2H])c([2H])c34)c([2H])c2[2H])c([2H])c([2H])c1-c1ccc(-c2ccccc2)c(-c2ccccc2)c1. The second kappa shape index (κ2) is 16.7. The van der Waals surface area contributed by atoms with E-state index in [1.807, 2.05) is 140 Å². The van der Waals surface area contributed by atoms with Gasteiger partial charge < -0.3 is 4.90 Å². The Morgan fingerprint density at radius 3 is 1.49 bits per heavy atom. The van der Waals surface area contributed by atoms with Gasteiger partial charge in [-0.25, -0.2) is 0 Å². The average Bonchev–Trinajstić information content (AvgIpc) is 3.66. The van der Waals surface area contributed by atoms with Gasteiger partial charge in [-0.1, -0.05) is 218 Å². The molecule has 0 radical (unpaired) electrons. The number of hydrogen-bond acceptors (Lipinski definition) is 1. The summed E-state index contributed by atoms with van der Waals surface area (Å²) in [7, 11) is 0. The van der Waals surface area contributed by atoms with Crippen molar-refractivity contribution in [3.05, 3.63) is 260 Å². The van der Waals surface area contributed by atoms with Gasteiger partial charge >= 0.3 is 0 Å². The Hall–Kier alpha value is -8.26. The van der Waals surface area contributed by atoms with Crippen LogP contribution in [-0.2, 0) is 0 Å². The highest BCUT2D eigenvalue weighted by Crippen LogP contribution is 2.43. The van der Waals surface area contributed by atoms with Gasteiger partial charge in [-0.15, -0.1) is 0 Å². The van der Waals surface area contributed by atoms with Crippen molar-refractivity contribution >= 4 is 38.6 Å². The Morgan fingerprint density at radius 2 is 0.810 bits per heavy atom. The van der Waals surface area contributed by atoms with Crippen LogP contribution in [0.15, 0.2) is 260 Å². The smallest absolute Gasteiger partial charge is 0.0645 e. The summed E-state index contributed by atoms with van der Waals surface area (Å²) in [5.74, 6) is 0. The van der Waals surface area contributed by atoms with Crippen molar-refractivity contribution in [2.45, 2.75) is 0 Å². The molecule has 63 heavy (non-hydrogen) atoms. The van der Waals surface area contributed by atoms with Gasteiger partial charge in [0.2, 0.25) is 0 Å². The fourth-order valence-corrected chi connectivity index (χ4v) is 8.12. The van der Waals surface area contributed by atoms with Crippen LogP contribution in [0.2, 0.25) is 0 Å². The van der Waals surface area contributed by atoms with E-state index in [-0.39, 0.29) is 11.3 Å². The first-order chi connectivity index (χ1) is 37.5. The zero-order valence-corrected chi connectivity index (χ0v) is 33.6. The molecule has 0 atom stereocenters. The molecule has 0 bridgehead atoms. The molecule has 0 heterocycles. The van der Waals surface area contributed by atoms with Crippen molar-refractivity contribution in [2.75, 3.05) is 4.90 Å². The van der Waals surface area contributed by atoms with Crippen LogP contribution in [0.4, 0.5) is 17.1 Å². The summed E-state index contributed by atoms with van der Waals surface area (Å²) in [4.78, 5) is 1.17. The van der Waals surface area contributed by atoms with Crippen LogP contribution in [0.3, 0.4) is 0 Å². The van der Waals surface area contributed by atoms with Crippen molar-refractivity contribution in [3.8, 4) is 66.8 Å². The number of rotatable bonds is 9. The summed E-state index contributed by atoms with van der Waals surface area (Å²) in [6, 6.07) is 43.3. The molecule has 0 unspecified atom stereocenters. The van der Waals surface area contributed by atoms with E-state index in [0.717, 1.165) is 55.3 Å². The molecule has 0 saturated carbocycles. The van der Waals surface area contributed by atoms with Gasteiger partial charge in [0.15, 0.2) is 0 Å². The Kier molecular flexibility index (Phi) is 6.57. The fraction of sp³-hybridized carbons (Fsp3) is 0. The third kappa shape index (κ3) is 7.37. The zero-order chi connectivity index (χ0) is 55.0. The predicted molar refractivity (Wildman–Crippen MR) is 269 cm³/mol. The second-order valence-corrected chi connectivity index (χ2v) is 14.9. The topological polar surface area (TPSA) is 3.24 Å². The van der Waals surface area contributed by atoms with E-state index in [1.54, 1.807) is 30.3 Å². The molecule has 11 aromatic carbocycles. The van der Waals surface area contributed by atoms with Gasteiger partial charge in [-0.05, 0) is 131 Å². The second-order valence-electron chi connectivity index (χ2n) is 14.9. The van der Waals surface area contributed by atoms with E-state index in [1.165, 1.54) is 4.90 Å². The Labute approximate surface area is 390 Å². The van der Waals surface area contributed by atoms with E-state index in [2.05, 4.69) is 0 Å². The molecular weight excluding hydrogens is 759 g/mol. The van der Waals surface area contributed by atoms with E-state index in [0.29, 0.717) is 5.56 Å². The van der Waals surface area contributed by atoms with Gasteiger partial charge in [0.25, 0.3) is 0 Å². The molecule has 11 aromatic rings. The van der Waals surface area contributed by atoms with E-state index in [4.69, 9.17) is 9.60 Å². The summed E-state index contributed by atoms with van der Waals surface area (Å²) in [5.41, 5.74) is 5.45. The van der Waals surface area contributed by atoms with Crippen LogP contribution >= 0.6 is 0 Å². The molecule has 0 aliphatic heterocycles. The van der Waals surface area contributed by atoms with Gasteiger partial charge in [-0.3, -0.25) is 0 Å². The first-order valence-corrected chi connectivity index (χ1v) is 20.5. The maximum Gasteiger partial charge on any atom is 0.0645 e. The van der Waals surface area contributed by atoms with Crippen molar-refractivity contribution in [2.24, 2.45) is 0 Å². The summed E-state index contributed by atoms with van der Waals surface area (Å²) >= 11 is 0. The zero-order valence-electron chi connectivity index (χ0n) is 48.6. The molecule has 0 saturated heterocycles. The number of anilines is 3. The normalized spacial score (nSPS) is 14.5. The maximum absolute atomic E-state index is 9.82.